The van der Waals surface area contributed by atoms with Crippen molar-refractivity contribution in [3.05, 3.63) is 24.6 Å². The van der Waals surface area contributed by atoms with Gasteiger partial charge in [-0.05, 0) is 12.1 Å². The van der Waals surface area contributed by atoms with Gasteiger partial charge in [-0.1, -0.05) is 20.8 Å². The molecule has 16 heavy (non-hydrogen) atoms. The molecule has 84 valence electrons. The van der Waals surface area contributed by atoms with Gasteiger partial charge in [0.15, 0.2) is 12.0 Å². The summed E-state index contributed by atoms with van der Waals surface area (Å²) in [5.41, 5.74) is 1.78. The van der Waals surface area contributed by atoms with E-state index in [1.165, 1.54) is 6.39 Å². The summed E-state index contributed by atoms with van der Waals surface area (Å²) in [5.74, 6) is -0.0219. The second-order valence-corrected chi connectivity index (χ2v) is 4.74. The van der Waals surface area contributed by atoms with Crippen LogP contribution >= 0.6 is 0 Å². The lowest BCUT2D eigenvalue weighted by atomic mass is 9.95. The topological polar surface area (TPSA) is 55.1 Å². The van der Waals surface area contributed by atoms with Crippen molar-refractivity contribution in [2.45, 2.75) is 20.8 Å². The van der Waals surface area contributed by atoms with Gasteiger partial charge in [-0.25, -0.2) is 4.98 Å². The van der Waals surface area contributed by atoms with Crippen molar-refractivity contribution in [2.75, 3.05) is 5.32 Å². The van der Waals surface area contributed by atoms with Gasteiger partial charge in [-0.15, -0.1) is 0 Å². The number of hydrogen-bond acceptors (Lipinski definition) is 3. The van der Waals surface area contributed by atoms with E-state index in [4.69, 9.17) is 4.42 Å². The summed E-state index contributed by atoms with van der Waals surface area (Å²) in [5, 5.41) is 2.84. The minimum atomic E-state index is -0.406. The van der Waals surface area contributed by atoms with Crippen molar-refractivity contribution in [1.82, 2.24) is 4.98 Å². The molecule has 0 aliphatic rings. The molecule has 2 rings (SSSR count). The molecule has 0 unspecified atom stereocenters. The number of amides is 1. The Bertz CT molecular complexity index is 523. The van der Waals surface area contributed by atoms with Crippen LogP contribution in [0.2, 0.25) is 0 Å². The van der Waals surface area contributed by atoms with Gasteiger partial charge >= 0.3 is 0 Å². The number of benzene rings is 1. The van der Waals surface area contributed by atoms with Crippen LogP contribution in [0.4, 0.5) is 5.69 Å². The number of carbonyl (C=O) groups excluding carboxylic acids is 1. The highest BCUT2D eigenvalue weighted by Gasteiger charge is 2.21. The van der Waals surface area contributed by atoms with Crippen molar-refractivity contribution < 1.29 is 9.21 Å². The molecule has 1 heterocycles. The Balaban J connectivity index is 2.24. The first-order chi connectivity index (χ1) is 7.47. The molecule has 0 saturated heterocycles. The Kier molecular flexibility index (Phi) is 2.42. The lowest BCUT2D eigenvalue weighted by molar-refractivity contribution is -0.123. The van der Waals surface area contributed by atoms with E-state index in [1.54, 1.807) is 6.07 Å². The summed E-state index contributed by atoms with van der Waals surface area (Å²) in [4.78, 5) is 15.8. The highest BCUT2D eigenvalue weighted by molar-refractivity contribution is 5.95. The average molecular weight is 218 g/mol. The molecular weight excluding hydrogens is 204 g/mol. The van der Waals surface area contributed by atoms with Crippen LogP contribution in [-0.2, 0) is 4.79 Å². The first-order valence-corrected chi connectivity index (χ1v) is 5.11. The van der Waals surface area contributed by atoms with E-state index in [9.17, 15) is 4.79 Å². The maximum Gasteiger partial charge on any atom is 0.229 e. The zero-order valence-corrected chi connectivity index (χ0v) is 9.57. The zero-order chi connectivity index (χ0) is 11.8. The van der Waals surface area contributed by atoms with Crippen LogP contribution in [0, 0.1) is 5.41 Å². The Morgan fingerprint density at radius 3 is 2.81 bits per heavy atom. The Hall–Kier alpha value is -1.84. The lowest BCUT2D eigenvalue weighted by Crippen LogP contribution is -2.27. The number of oxazole rings is 1. The van der Waals surface area contributed by atoms with Crippen molar-refractivity contribution in [2.24, 2.45) is 5.41 Å². The standard InChI is InChI=1S/C12H14N2O2/c1-12(2,3)11(15)14-8-4-5-9-10(6-8)16-7-13-9/h4-7H,1-3H3,(H,14,15). The van der Waals surface area contributed by atoms with Gasteiger partial charge in [-0.2, -0.15) is 0 Å². The molecule has 0 aliphatic heterocycles. The lowest BCUT2D eigenvalue weighted by Gasteiger charge is -2.17. The minimum Gasteiger partial charge on any atom is -0.443 e. The zero-order valence-electron chi connectivity index (χ0n) is 9.57. The van der Waals surface area contributed by atoms with E-state index in [1.807, 2.05) is 32.9 Å². The molecule has 0 aliphatic carbocycles. The number of carbonyl (C=O) groups is 1. The molecule has 0 bridgehead atoms. The predicted molar refractivity (Wildman–Crippen MR) is 62.1 cm³/mol. The molecule has 2 aromatic rings. The smallest absolute Gasteiger partial charge is 0.229 e. The van der Waals surface area contributed by atoms with Gasteiger partial charge in [0.2, 0.25) is 5.91 Å². The maximum absolute atomic E-state index is 11.8. The van der Waals surface area contributed by atoms with Crippen LogP contribution in [0.3, 0.4) is 0 Å². The number of aromatic nitrogens is 1. The van der Waals surface area contributed by atoms with Crippen LogP contribution < -0.4 is 5.32 Å². The number of rotatable bonds is 1. The van der Waals surface area contributed by atoms with Gasteiger partial charge in [0.1, 0.15) is 5.52 Å². The van der Waals surface area contributed by atoms with Gasteiger partial charge < -0.3 is 9.73 Å². The highest BCUT2D eigenvalue weighted by Crippen LogP contribution is 2.21. The SMILES string of the molecule is CC(C)(C)C(=O)Nc1ccc2ncoc2c1. The molecule has 1 N–H and O–H groups in total. The van der Waals surface area contributed by atoms with Crippen LogP contribution in [0.5, 0.6) is 0 Å². The summed E-state index contributed by atoms with van der Waals surface area (Å²) >= 11 is 0. The van der Waals surface area contributed by atoms with E-state index in [-0.39, 0.29) is 5.91 Å². The Morgan fingerprint density at radius 1 is 1.38 bits per heavy atom. The minimum absolute atomic E-state index is 0.0219. The molecule has 0 spiro atoms. The highest BCUT2D eigenvalue weighted by atomic mass is 16.3. The Morgan fingerprint density at radius 2 is 2.12 bits per heavy atom. The fourth-order valence-corrected chi connectivity index (χ4v) is 1.25. The Labute approximate surface area is 93.7 Å². The molecule has 4 nitrogen and oxygen atoms in total. The quantitative estimate of drug-likeness (QED) is 0.800. The van der Waals surface area contributed by atoms with Gasteiger partial charge in [-0.3, -0.25) is 4.79 Å². The van der Waals surface area contributed by atoms with Crippen molar-refractivity contribution >= 4 is 22.7 Å². The third kappa shape index (κ3) is 2.05. The predicted octanol–water partition coefficient (Wildman–Crippen LogP) is 2.81. The van der Waals surface area contributed by atoms with Crippen LogP contribution in [0.25, 0.3) is 11.1 Å². The number of hydrogen-bond donors (Lipinski definition) is 1. The second-order valence-electron chi connectivity index (χ2n) is 4.74. The van der Waals surface area contributed by atoms with Crippen molar-refractivity contribution in [3.63, 3.8) is 0 Å². The average Bonchev–Trinajstić information content (AvgIpc) is 2.63. The first kappa shape index (κ1) is 10.7. The largest absolute Gasteiger partial charge is 0.443 e. The summed E-state index contributed by atoms with van der Waals surface area (Å²) in [6, 6.07) is 5.40. The normalized spacial score (nSPS) is 11.7. The molecule has 0 radical (unpaired) electrons. The van der Waals surface area contributed by atoms with Gasteiger partial charge in [0, 0.05) is 17.2 Å². The van der Waals surface area contributed by atoms with E-state index in [0.717, 1.165) is 11.2 Å². The summed E-state index contributed by atoms with van der Waals surface area (Å²) in [7, 11) is 0. The maximum atomic E-state index is 11.8. The fourth-order valence-electron chi connectivity index (χ4n) is 1.25. The fraction of sp³-hybridized carbons (Fsp3) is 0.333. The van der Waals surface area contributed by atoms with Crippen molar-refractivity contribution in [3.8, 4) is 0 Å². The molecule has 0 saturated carbocycles. The number of anilines is 1. The summed E-state index contributed by atoms with van der Waals surface area (Å²) in [6.07, 6.45) is 1.39. The molecule has 1 aromatic carbocycles. The van der Waals surface area contributed by atoms with Crippen LogP contribution in [0.1, 0.15) is 20.8 Å². The summed E-state index contributed by atoms with van der Waals surface area (Å²) < 4.78 is 5.16. The third-order valence-electron chi connectivity index (χ3n) is 2.27. The molecule has 0 atom stereocenters. The van der Waals surface area contributed by atoms with E-state index in [2.05, 4.69) is 10.3 Å². The molecular formula is C12H14N2O2. The number of nitrogens with one attached hydrogen (secondary N) is 1. The van der Waals surface area contributed by atoms with Crippen LogP contribution in [0.15, 0.2) is 29.0 Å². The summed E-state index contributed by atoms with van der Waals surface area (Å²) in [6.45, 7) is 5.61. The van der Waals surface area contributed by atoms with E-state index < -0.39 is 5.41 Å². The third-order valence-corrected chi connectivity index (χ3v) is 2.27. The second kappa shape index (κ2) is 3.63. The van der Waals surface area contributed by atoms with Gasteiger partial charge in [0.05, 0.1) is 0 Å². The van der Waals surface area contributed by atoms with E-state index in [0.29, 0.717) is 5.58 Å². The van der Waals surface area contributed by atoms with Gasteiger partial charge in [0.25, 0.3) is 0 Å². The number of fused-ring (bicyclic) bond motifs is 1. The molecule has 1 aromatic heterocycles. The first-order valence-electron chi connectivity index (χ1n) is 5.11. The molecule has 4 heteroatoms. The molecule has 1 amide bonds. The molecule has 0 fully saturated rings. The van der Waals surface area contributed by atoms with Crippen LogP contribution in [-0.4, -0.2) is 10.9 Å². The van der Waals surface area contributed by atoms with Crippen molar-refractivity contribution in [1.29, 1.82) is 0 Å². The number of nitrogens with zero attached hydrogens (tertiary/aromatic N) is 1. The monoisotopic (exact) mass is 218 g/mol. The van der Waals surface area contributed by atoms with E-state index >= 15 is 0 Å².